The van der Waals surface area contributed by atoms with Crippen molar-refractivity contribution in [1.82, 2.24) is 0 Å². The lowest BCUT2D eigenvalue weighted by Crippen LogP contribution is -2.48. The zero-order valence-electron chi connectivity index (χ0n) is 24.6. The smallest absolute Gasteiger partial charge is 0.124 e. The topological polar surface area (TPSA) is 40.5 Å². The zero-order chi connectivity index (χ0) is 27.8. The molecule has 2 nitrogen and oxygen atoms in total. The summed E-state index contributed by atoms with van der Waals surface area (Å²) >= 11 is 0. The molecule has 0 atom stereocenters. The van der Waals surface area contributed by atoms with Gasteiger partial charge in [0.25, 0.3) is 0 Å². The highest BCUT2D eigenvalue weighted by Crippen LogP contribution is 2.62. The van der Waals surface area contributed by atoms with E-state index >= 15 is 0 Å². The summed E-state index contributed by atoms with van der Waals surface area (Å²) in [4.78, 5) is 0. The van der Waals surface area contributed by atoms with Crippen molar-refractivity contribution in [1.29, 1.82) is 0 Å². The zero-order valence-corrected chi connectivity index (χ0v) is 24.6. The van der Waals surface area contributed by atoms with E-state index in [1.165, 1.54) is 98.9 Å². The van der Waals surface area contributed by atoms with E-state index in [0.717, 1.165) is 57.4 Å². The van der Waals surface area contributed by atoms with Crippen LogP contribution in [0.25, 0.3) is 32.7 Å². The Morgan fingerprint density at radius 3 is 1.10 bits per heavy atom. The maximum Gasteiger partial charge on any atom is 0.124 e. The molecule has 8 aliphatic carbocycles. The number of benzene rings is 4. The first-order valence-electron chi connectivity index (χ1n) is 17.0. The van der Waals surface area contributed by atoms with Crippen molar-refractivity contribution in [3.05, 3.63) is 71.8 Å². The first-order chi connectivity index (χ1) is 20.4. The Kier molecular flexibility index (Phi) is 4.85. The molecule has 0 saturated heterocycles. The van der Waals surface area contributed by atoms with Crippen molar-refractivity contribution in [3.8, 4) is 22.6 Å². The largest absolute Gasteiger partial charge is 0.507 e. The monoisotopic (exact) mass is 554 g/mol. The predicted molar refractivity (Wildman–Crippen MR) is 170 cm³/mol. The molecule has 0 spiro atoms. The van der Waals surface area contributed by atoms with Gasteiger partial charge in [0.2, 0.25) is 0 Å². The minimum Gasteiger partial charge on any atom is -0.507 e. The number of hydrogen-bond acceptors (Lipinski definition) is 2. The highest BCUT2D eigenvalue weighted by molar-refractivity contribution is 6.09. The Balaban J connectivity index is 1.09. The van der Waals surface area contributed by atoms with Gasteiger partial charge < -0.3 is 10.2 Å². The molecule has 42 heavy (non-hydrogen) atoms. The third kappa shape index (κ3) is 3.39. The molecule has 0 aliphatic heterocycles. The van der Waals surface area contributed by atoms with Crippen LogP contribution in [-0.4, -0.2) is 10.2 Å². The van der Waals surface area contributed by atoms with E-state index in [-0.39, 0.29) is 11.5 Å². The number of fused-ring (bicyclic) bond motifs is 2. The van der Waals surface area contributed by atoms with Crippen LogP contribution in [0.1, 0.15) is 88.2 Å². The van der Waals surface area contributed by atoms with Crippen molar-refractivity contribution in [2.75, 3.05) is 0 Å². The van der Waals surface area contributed by atoms with Crippen molar-refractivity contribution in [3.63, 3.8) is 0 Å². The molecule has 0 amide bonds. The van der Waals surface area contributed by atoms with Crippen LogP contribution in [0.5, 0.6) is 11.5 Å². The van der Waals surface area contributed by atoms with Gasteiger partial charge >= 0.3 is 0 Å². The van der Waals surface area contributed by atoms with E-state index in [9.17, 15) is 10.2 Å². The Morgan fingerprint density at radius 1 is 0.429 bits per heavy atom. The van der Waals surface area contributed by atoms with Crippen LogP contribution in [0.4, 0.5) is 0 Å². The summed E-state index contributed by atoms with van der Waals surface area (Å²) in [6.07, 6.45) is 16.8. The molecule has 0 heterocycles. The van der Waals surface area contributed by atoms with Gasteiger partial charge in [-0.3, -0.25) is 0 Å². The second-order valence-electron chi connectivity index (χ2n) is 16.2. The molecule has 4 aromatic rings. The summed E-state index contributed by atoms with van der Waals surface area (Å²) in [5, 5.41) is 27.1. The third-order valence-electron chi connectivity index (χ3n) is 13.5. The van der Waals surface area contributed by atoms with E-state index in [1.54, 1.807) is 0 Å². The van der Waals surface area contributed by atoms with Crippen molar-refractivity contribution >= 4 is 21.5 Å². The summed E-state index contributed by atoms with van der Waals surface area (Å²) in [6, 6.07) is 22.0. The minimum atomic E-state index is 0.248. The highest BCUT2D eigenvalue weighted by Gasteiger charge is 2.52. The van der Waals surface area contributed by atoms with Crippen LogP contribution in [0.3, 0.4) is 0 Å². The van der Waals surface area contributed by atoms with E-state index in [0.29, 0.717) is 10.8 Å². The van der Waals surface area contributed by atoms with Gasteiger partial charge in [-0.25, -0.2) is 0 Å². The van der Waals surface area contributed by atoms with E-state index < -0.39 is 0 Å². The minimum absolute atomic E-state index is 0.248. The van der Waals surface area contributed by atoms with Crippen LogP contribution in [0.15, 0.2) is 60.7 Å². The number of phenols is 2. The normalized spacial score (nSPS) is 37.7. The molecule has 2 N–H and O–H groups in total. The van der Waals surface area contributed by atoms with Crippen molar-refractivity contribution < 1.29 is 10.2 Å². The second kappa shape index (κ2) is 8.34. The summed E-state index contributed by atoms with van der Waals surface area (Å²) in [6.45, 7) is 0. The summed E-state index contributed by atoms with van der Waals surface area (Å²) in [5.74, 6) is 5.99. The highest BCUT2D eigenvalue weighted by atomic mass is 16.3. The lowest BCUT2D eigenvalue weighted by Gasteiger charge is -2.57. The van der Waals surface area contributed by atoms with Gasteiger partial charge in [0.1, 0.15) is 11.5 Å². The number of aromatic hydroxyl groups is 2. The van der Waals surface area contributed by atoms with Gasteiger partial charge in [-0.2, -0.15) is 0 Å². The lowest BCUT2D eigenvalue weighted by atomic mass is 9.48. The van der Waals surface area contributed by atoms with Gasteiger partial charge in [-0.1, -0.05) is 48.5 Å². The van der Waals surface area contributed by atoms with E-state index in [1.807, 2.05) is 12.1 Å². The van der Waals surface area contributed by atoms with Gasteiger partial charge in [-0.05, 0) is 168 Å². The molecule has 8 aliphatic rings. The summed E-state index contributed by atoms with van der Waals surface area (Å²) < 4.78 is 0. The fraction of sp³-hybridized carbons (Fsp3) is 0.500. The number of phenolic OH excluding ortho intramolecular Hbond substituents is 2. The molecule has 0 aromatic heterocycles. The maximum absolute atomic E-state index is 11.3. The van der Waals surface area contributed by atoms with Gasteiger partial charge in [0.15, 0.2) is 0 Å². The Hall–Kier alpha value is -3.00. The quantitative estimate of drug-likeness (QED) is 0.264. The number of rotatable bonds is 3. The first-order valence-corrected chi connectivity index (χ1v) is 17.0. The van der Waals surface area contributed by atoms with E-state index in [2.05, 4.69) is 48.5 Å². The van der Waals surface area contributed by atoms with Gasteiger partial charge in [0, 0.05) is 11.1 Å². The molecule has 4 aromatic carbocycles. The first kappa shape index (κ1) is 24.4. The van der Waals surface area contributed by atoms with Crippen LogP contribution in [0.2, 0.25) is 0 Å². The lowest BCUT2D eigenvalue weighted by molar-refractivity contribution is -0.00525. The molecule has 0 radical (unpaired) electrons. The predicted octanol–water partition coefficient (Wildman–Crippen LogP) is 10.0. The fourth-order valence-corrected chi connectivity index (χ4v) is 12.8. The van der Waals surface area contributed by atoms with Crippen LogP contribution in [-0.2, 0) is 10.8 Å². The third-order valence-corrected chi connectivity index (χ3v) is 13.5. The molecule has 8 saturated carbocycles. The standard InChI is InChI=1S/C40H42O2/c41-35-7-1-29-15-31(39-17-23-9-24(18-39)11-25(10-23)19-39)3-5-33(29)37(35)38-34-6-4-32(16-30(34)2-8-36(38)42)40-20-26-12-27(21-40)14-28(13-26)22-40/h1-8,15-16,23-28,41-42H,9-14,17-22H2. The summed E-state index contributed by atoms with van der Waals surface area (Å²) in [7, 11) is 0. The Labute approximate surface area is 249 Å². The molecule has 2 heteroatoms. The van der Waals surface area contributed by atoms with Crippen LogP contribution >= 0.6 is 0 Å². The van der Waals surface area contributed by atoms with Crippen molar-refractivity contribution in [2.45, 2.75) is 87.9 Å². The average Bonchev–Trinajstić information content (AvgIpc) is 2.96. The van der Waals surface area contributed by atoms with E-state index in [4.69, 9.17) is 0 Å². The van der Waals surface area contributed by atoms with Gasteiger partial charge in [0.05, 0.1) is 0 Å². The maximum atomic E-state index is 11.3. The number of hydrogen-bond donors (Lipinski definition) is 2. The average molecular weight is 555 g/mol. The second-order valence-corrected chi connectivity index (χ2v) is 16.2. The molecule has 0 unspecified atom stereocenters. The SMILES string of the molecule is Oc1ccc2cc(C34CC5CC(CC(C5)C3)C4)ccc2c1-c1c(O)ccc2cc(C34CC5CC(CC(C5)C3)C4)ccc12. The van der Waals surface area contributed by atoms with Crippen LogP contribution in [0, 0.1) is 35.5 Å². The van der Waals surface area contributed by atoms with Crippen LogP contribution < -0.4 is 0 Å². The summed E-state index contributed by atoms with van der Waals surface area (Å²) in [5.41, 5.74) is 5.25. The van der Waals surface area contributed by atoms with Crippen molar-refractivity contribution in [2.24, 2.45) is 35.5 Å². The Morgan fingerprint density at radius 2 is 0.762 bits per heavy atom. The molecule has 214 valence electrons. The molecule has 8 fully saturated rings. The molecular formula is C40H42O2. The molecule has 8 bridgehead atoms. The Bertz CT molecular complexity index is 1580. The van der Waals surface area contributed by atoms with Gasteiger partial charge in [-0.15, -0.1) is 0 Å². The molecular weight excluding hydrogens is 512 g/mol. The fourth-order valence-electron chi connectivity index (χ4n) is 12.8. The molecule has 12 rings (SSSR count).